The van der Waals surface area contributed by atoms with E-state index in [1.54, 1.807) is 36.0 Å². The van der Waals surface area contributed by atoms with E-state index in [1.807, 2.05) is 0 Å². The summed E-state index contributed by atoms with van der Waals surface area (Å²) in [7, 11) is 0. The molecule has 0 bridgehead atoms. The molecule has 0 radical (unpaired) electrons. The molecule has 1 unspecified atom stereocenters. The topological polar surface area (TPSA) is 78.4 Å². The number of nitrogens with one attached hydrogen (secondary N) is 2. The zero-order valence-electron chi connectivity index (χ0n) is 10.4. The van der Waals surface area contributed by atoms with Crippen LogP contribution in [-0.4, -0.2) is 41.2 Å². The van der Waals surface area contributed by atoms with Gasteiger partial charge in [-0.3, -0.25) is 10.1 Å². The number of amides is 1. The normalized spacial score (nSPS) is 18.2. The van der Waals surface area contributed by atoms with Crippen LogP contribution in [0.15, 0.2) is 24.3 Å². The first-order chi connectivity index (χ1) is 9.18. The molecule has 1 amide bonds. The number of thioether (sulfide) groups is 1. The molecule has 1 atom stereocenters. The van der Waals surface area contributed by atoms with E-state index >= 15 is 0 Å². The maximum absolute atomic E-state index is 11.8. The highest BCUT2D eigenvalue weighted by atomic mass is 32.2. The summed E-state index contributed by atoms with van der Waals surface area (Å²) >= 11 is 1.70. The van der Waals surface area contributed by atoms with Crippen LogP contribution in [0.25, 0.3) is 0 Å². The number of carbonyl (C=O) groups is 2. The highest BCUT2D eigenvalue weighted by Crippen LogP contribution is 2.10. The average molecular weight is 280 g/mol. The van der Waals surface area contributed by atoms with E-state index in [0.717, 1.165) is 17.2 Å². The van der Waals surface area contributed by atoms with Crippen molar-refractivity contribution < 1.29 is 14.7 Å². The molecular formula is C13H16N2O3S. The van der Waals surface area contributed by atoms with Gasteiger partial charge in [-0.15, -0.1) is 11.8 Å². The van der Waals surface area contributed by atoms with Gasteiger partial charge in [0.1, 0.15) is 0 Å². The minimum atomic E-state index is -0.934. The van der Waals surface area contributed by atoms with E-state index in [4.69, 9.17) is 5.11 Å². The van der Waals surface area contributed by atoms with Crippen molar-refractivity contribution in [1.82, 2.24) is 10.6 Å². The van der Waals surface area contributed by atoms with Crippen molar-refractivity contribution in [2.45, 2.75) is 12.5 Å². The minimum Gasteiger partial charge on any atom is -0.478 e. The van der Waals surface area contributed by atoms with Gasteiger partial charge in [-0.2, -0.15) is 0 Å². The Balaban J connectivity index is 1.85. The molecule has 6 heteroatoms. The van der Waals surface area contributed by atoms with Crippen molar-refractivity contribution in [3.8, 4) is 0 Å². The molecule has 0 spiro atoms. The number of carboxylic acid groups (broad SMARTS) is 1. The number of hydrogen-bond donors (Lipinski definition) is 3. The minimum absolute atomic E-state index is 0.0159. The lowest BCUT2D eigenvalue weighted by Gasteiger charge is -2.11. The summed E-state index contributed by atoms with van der Waals surface area (Å²) in [5, 5.41) is 15.0. The molecule has 1 aliphatic heterocycles. The van der Waals surface area contributed by atoms with Gasteiger partial charge in [0, 0.05) is 18.2 Å². The van der Waals surface area contributed by atoms with Crippen LogP contribution in [0.2, 0.25) is 0 Å². The van der Waals surface area contributed by atoms with Gasteiger partial charge in [-0.1, -0.05) is 18.2 Å². The van der Waals surface area contributed by atoms with Crippen LogP contribution in [0.5, 0.6) is 0 Å². The fourth-order valence-corrected chi connectivity index (χ4v) is 2.90. The summed E-state index contributed by atoms with van der Waals surface area (Å²) in [6.07, 6.45) is 0.522. The third-order valence-corrected chi connectivity index (χ3v) is 3.91. The monoisotopic (exact) mass is 280 g/mol. The maximum atomic E-state index is 11.8. The lowest BCUT2D eigenvalue weighted by atomic mass is 10.0. The molecule has 19 heavy (non-hydrogen) atoms. The number of hydrogen-bond acceptors (Lipinski definition) is 4. The van der Waals surface area contributed by atoms with Gasteiger partial charge in [0.2, 0.25) is 5.91 Å². The molecule has 1 aromatic rings. The standard InChI is InChI=1S/C13H16N2O3S/c16-12(11-7-19-8-15-11)14-6-5-9-3-1-2-4-10(9)13(17)18/h1-4,11,15H,5-8H2,(H,14,16)(H,17,18). The highest BCUT2D eigenvalue weighted by Gasteiger charge is 2.21. The van der Waals surface area contributed by atoms with Gasteiger partial charge < -0.3 is 10.4 Å². The summed E-state index contributed by atoms with van der Waals surface area (Å²) in [5.74, 6) is 0.644. The summed E-state index contributed by atoms with van der Waals surface area (Å²) in [5.41, 5.74) is 1.04. The Bertz CT molecular complexity index is 473. The third kappa shape index (κ3) is 3.71. The van der Waals surface area contributed by atoms with E-state index < -0.39 is 5.97 Å². The van der Waals surface area contributed by atoms with E-state index in [0.29, 0.717) is 18.5 Å². The molecule has 0 aromatic heterocycles. The fraction of sp³-hybridized carbons (Fsp3) is 0.385. The Morgan fingerprint density at radius 1 is 1.42 bits per heavy atom. The number of benzene rings is 1. The predicted octanol–water partition coefficient (Wildman–Crippen LogP) is 0.706. The van der Waals surface area contributed by atoms with E-state index in [1.165, 1.54) is 0 Å². The Morgan fingerprint density at radius 3 is 2.89 bits per heavy atom. The Labute approximate surface area is 115 Å². The Kier molecular flexibility index (Phi) is 4.81. The summed E-state index contributed by atoms with van der Waals surface area (Å²) in [6, 6.07) is 6.73. The number of aromatic carboxylic acids is 1. The lowest BCUT2D eigenvalue weighted by Crippen LogP contribution is -2.42. The fourth-order valence-electron chi connectivity index (χ4n) is 1.95. The molecular weight excluding hydrogens is 264 g/mol. The molecule has 1 aromatic carbocycles. The molecule has 1 heterocycles. The molecule has 1 aliphatic rings. The second kappa shape index (κ2) is 6.58. The van der Waals surface area contributed by atoms with Crippen LogP contribution in [0.1, 0.15) is 15.9 Å². The highest BCUT2D eigenvalue weighted by molar-refractivity contribution is 7.99. The first-order valence-corrected chi connectivity index (χ1v) is 7.24. The van der Waals surface area contributed by atoms with Crippen molar-refractivity contribution in [2.75, 3.05) is 18.2 Å². The third-order valence-electron chi connectivity index (χ3n) is 2.97. The smallest absolute Gasteiger partial charge is 0.335 e. The largest absolute Gasteiger partial charge is 0.478 e. The molecule has 102 valence electrons. The predicted molar refractivity (Wildman–Crippen MR) is 74.4 cm³/mol. The summed E-state index contributed by atoms with van der Waals surface area (Å²) in [4.78, 5) is 22.8. The first kappa shape index (κ1) is 13.9. The van der Waals surface area contributed by atoms with Gasteiger partial charge in [0.15, 0.2) is 0 Å². The molecule has 5 nitrogen and oxygen atoms in total. The number of carboxylic acids is 1. The van der Waals surface area contributed by atoms with Crippen LogP contribution in [0, 0.1) is 0 Å². The number of rotatable bonds is 5. The van der Waals surface area contributed by atoms with Crippen molar-refractivity contribution in [3.63, 3.8) is 0 Å². The van der Waals surface area contributed by atoms with Crippen LogP contribution in [-0.2, 0) is 11.2 Å². The second-order valence-corrected chi connectivity index (χ2v) is 5.31. The lowest BCUT2D eigenvalue weighted by molar-refractivity contribution is -0.122. The molecule has 2 rings (SSSR count). The zero-order valence-corrected chi connectivity index (χ0v) is 11.2. The van der Waals surface area contributed by atoms with Crippen LogP contribution in [0.4, 0.5) is 0 Å². The van der Waals surface area contributed by atoms with Gasteiger partial charge in [-0.25, -0.2) is 4.79 Å². The van der Waals surface area contributed by atoms with Crippen LogP contribution in [0.3, 0.4) is 0 Å². The Hall–Kier alpha value is -1.53. The van der Waals surface area contributed by atoms with Crippen LogP contribution < -0.4 is 10.6 Å². The molecule has 0 saturated carbocycles. The van der Waals surface area contributed by atoms with Crippen molar-refractivity contribution in [3.05, 3.63) is 35.4 Å². The van der Waals surface area contributed by atoms with Crippen LogP contribution >= 0.6 is 11.8 Å². The SMILES string of the molecule is O=C(O)c1ccccc1CCNC(=O)C1CSCN1. The zero-order chi connectivity index (χ0) is 13.7. The molecule has 1 fully saturated rings. The van der Waals surface area contributed by atoms with Gasteiger partial charge in [0.05, 0.1) is 11.6 Å². The molecule has 0 aliphatic carbocycles. The second-order valence-electron chi connectivity index (χ2n) is 4.28. The maximum Gasteiger partial charge on any atom is 0.335 e. The first-order valence-electron chi connectivity index (χ1n) is 6.08. The van der Waals surface area contributed by atoms with Gasteiger partial charge in [-0.05, 0) is 18.1 Å². The van der Waals surface area contributed by atoms with Gasteiger partial charge in [0.25, 0.3) is 0 Å². The summed E-state index contributed by atoms with van der Waals surface area (Å²) in [6.45, 7) is 0.450. The van der Waals surface area contributed by atoms with E-state index in [9.17, 15) is 9.59 Å². The molecule has 1 saturated heterocycles. The van der Waals surface area contributed by atoms with Crippen molar-refractivity contribution in [2.24, 2.45) is 0 Å². The quantitative estimate of drug-likeness (QED) is 0.740. The Morgan fingerprint density at radius 2 is 2.21 bits per heavy atom. The van der Waals surface area contributed by atoms with E-state index in [-0.39, 0.29) is 11.9 Å². The average Bonchev–Trinajstić information content (AvgIpc) is 2.93. The van der Waals surface area contributed by atoms with Gasteiger partial charge >= 0.3 is 5.97 Å². The van der Waals surface area contributed by atoms with Crippen molar-refractivity contribution in [1.29, 1.82) is 0 Å². The molecule has 3 N–H and O–H groups in total. The summed E-state index contributed by atoms with van der Waals surface area (Å²) < 4.78 is 0. The van der Waals surface area contributed by atoms with E-state index in [2.05, 4.69) is 10.6 Å². The van der Waals surface area contributed by atoms with Crippen molar-refractivity contribution >= 4 is 23.6 Å². The number of carbonyl (C=O) groups excluding carboxylic acids is 1.